The Balaban J connectivity index is 0.00000450. The number of nitrogens with one attached hydrogen (secondary N) is 2. The van der Waals surface area contributed by atoms with E-state index in [4.69, 9.17) is 9.73 Å². The van der Waals surface area contributed by atoms with Gasteiger partial charge in [0.25, 0.3) is 0 Å². The van der Waals surface area contributed by atoms with E-state index >= 15 is 0 Å². The van der Waals surface area contributed by atoms with E-state index in [0.717, 1.165) is 29.4 Å². The minimum atomic E-state index is 0. The molecule has 0 fully saturated rings. The Kier molecular flexibility index (Phi) is 11.5. The van der Waals surface area contributed by atoms with E-state index < -0.39 is 0 Å². The van der Waals surface area contributed by atoms with Crippen molar-refractivity contribution in [3.05, 3.63) is 53.6 Å². The molecule has 1 aromatic carbocycles. The van der Waals surface area contributed by atoms with Crippen LogP contribution in [0.3, 0.4) is 0 Å². The van der Waals surface area contributed by atoms with Crippen LogP contribution in [0.15, 0.2) is 35.8 Å². The van der Waals surface area contributed by atoms with Gasteiger partial charge in [-0.15, -0.1) is 40.8 Å². The van der Waals surface area contributed by atoms with Crippen molar-refractivity contribution in [3.63, 3.8) is 0 Å². The van der Waals surface area contributed by atoms with Crippen LogP contribution in [0, 0.1) is 19.8 Å². The molecule has 1 aromatic heterocycles. The van der Waals surface area contributed by atoms with Crippen LogP contribution in [0.5, 0.6) is 5.75 Å². The fourth-order valence-corrected chi connectivity index (χ4v) is 2.61. The first-order valence-corrected chi connectivity index (χ1v) is 10.1. The van der Waals surface area contributed by atoms with Gasteiger partial charge in [-0.3, -0.25) is 0 Å². The summed E-state index contributed by atoms with van der Waals surface area (Å²) < 4.78 is 8.00. The lowest BCUT2D eigenvalue weighted by atomic mass is 10.1. The molecule has 0 radical (unpaired) electrons. The van der Waals surface area contributed by atoms with Gasteiger partial charge in [-0.1, -0.05) is 32.1 Å². The van der Waals surface area contributed by atoms with Crippen LogP contribution in [0.25, 0.3) is 0 Å². The predicted octanol–water partition coefficient (Wildman–Crippen LogP) is 3.90. The third-order valence-corrected chi connectivity index (χ3v) is 4.59. The molecule has 8 heteroatoms. The van der Waals surface area contributed by atoms with Gasteiger partial charge in [0.1, 0.15) is 11.6 Å². The number of halogens is 1. The normalized spacial score (nSPS) is 11.2. The van der Waals surface area contributed by atoms with E-state index in [1.54, 1.807) is 6.08 Å². The third kappa shape index (κ3) is 8.33. The average Bonchev–Trinajstić information content (AvgIpc) is 3.00. The maximum absolute atomic E-state index is 6.04. The fourth-order valence-electron chi connectivity index (χ4n) is 2.61. The number of rotatable bonds is 10. The number of benzene rings is 1. The Morgan fingerprint density at radius 2 is 2.03 bits per heavy atom. The van der Waals surface area contributed by atoms with Gasteiger partial charge in [0.2, 0.25) is 0 Å². The van der Waals surface area contributed by atoms with Crippen LogP contribution in [0.2, 0.25) is 0 Å². The van der Waals surface area contributed by atoms with Gasteiger partial charge >= 0.3 is 0 Å². The quantitative estimate of drug-likeness (QED) is 0.213. The van der Waals surface area contributed by atoms with E-state index in [-0.39, 0.29) is 24.0 Å². The standard InChI is InChI=1S/C22H34N6O.HI/c1-7-11-23-22(25-15-21-27-26-18(5)28(21)6)24-14-19-9-8-17(4)13-20(19)29-12-10-16(2)3;/h7-9,13,16H,1,10-12,14-15H2,2-6H3,(H2,23,24,25);1H. The molecule has 7 nitrogen and oxygen atoms in total. The topological polar surface area (TPSA) is 76.4 Å². The summed E-state index contributed by atoms with van der Waals surface area (Å²) in [6, 6.07) is 6.26. The monoisotopic (exact) mass is 526 g/mol. The number of nitrogens with zero attached hydrogens (tertiary/aromatic N) is 4. The highest BCUT2D eigenvalue weighted by molar-refractivity contribution is 14.0. The van der Waals surface area contributed by atoms with Crippen LogP contribution in [0.4, 0.5) is 0 Å². The Bertz CT molecular complexity index is 831. The Hall–Kier alpha value is -2.10. The first-order chi connectivity index (χ1) is 13.9. The number of aromatic nitrogens is 3. The first-order valence-electron chi connectivity index (χ1n) is 10.1. The Morgan fingerprint density at radius 1 is 1.27 bits per heavy atom. The molecule has 0 aliphatic rings. The van der Waals surface area contributed by atoms with Gasteiger partial charge in [0, 0.05) is 19.2 Å². The molecule has 0 bridgehead atoms. The van der Waals surface area contributed by atoms with Gasteiger partial charge in [-0.25, -0.2) is 4.99 Å². The van der Waals surface area contributed by atoms with Gasteiger partial charge in [0.05, 0.1) is 19.7 Å². The minimum Gasteiger partial charge on any atom is -0.493 e. The number of ether oxygens (including phenoxy) is 1. The molecule has 166 valence electrons. The number of guanidine groups is 1. The zero-order valence-electron chi connectivity index (χ0n) is 18.7. The van der Waals surface area contributed by atoms with Crippen LogP contribution >= 0.6 is 24.0 Å². The summed E-state index contributed by atoms with van der Waals surface area (Å²) in [7, 11) is 1.95. The molecule has 2 aromatic rings. The third-order valence-electron chi connectivity index (χ3n) is 4.59. The molecular formula is C22H35IN6O. The Labute approximate surface area is 197 Å². The molecule has 0 saturated heterocycles. The van der Waals surface area contributed by atoms with Crippen molar-refractivity contribution >= 4 is 29.9 Å². The van der Waals surface area contributed by atoms with Gasteiger partial charge in [-0.2, -0.15) is 0 Å². The molecule has 0 spiro atoms. The largest absolute Gasteiger partial charge is 0.493 e. The highest BCUT2D eigenvalue weighted by Gasteiger charge is 2.08. The van der Waals surface area contributed by atoms with Gasteiger partial charge in [-0.05, 0) is 37.8 Å². The summed E-state index contributed by atoms with van der Waals surface area (Å²) in [6.45, 7) is 14.6. The molecule has 2 N–H and O–H groups in total. The molecule has 30 heavy (non-hydrogen) atoms. The van der Waals surface area contributed by atoms with E-state index in [1.165, 1.54) is 5.56 Å². The molecule has 0 aliphatic heterocycles. The molecule has 2 rings (SSSR count). The first kappa shape index (κ1) is 25.9. The second kappa shape index (κ2) is 13.3. The summed E-state index contributed by atoms with van der Waals surface area (Å²) in [6.07, 6.45) is 2.83. The zero-order valence-corrected chi connectivity index (χ0v) is 21.1. The maximum Gasteiger partial charge on any atom is 0.192 e. The molecule has 0 unspecified atom stereocenters. The summed E-state index contributed by atoms with van der Waals surface area (Å²) in [5.41, 5.74) is 2.24. The molecule has 1 heterocycles. The van der Waals surface area contributed by atoms with Crippen molar-refractivity contribution in [2.75, 3.05) is 13.2 Å². The van der Waals surface area contributed by atoms with Gasteiger partial charge in [0.15, 0.2) is 11.8 Å². The molecule has 0 atom stereocenters. The number of hydrogen-bond donors (Lipinski definition) is 2. The lowest BCUT2D eigenvalue weighted by Crippen LogP contribution is -2.37. The summed E-state index contributed by atoms with van der Waals surface area (Å²) >= 11 is 0. The fraction of sp³-hybridized carbons (Fsp3) is 0.500. The molecule has 0 amide bonds. The average molecular weight is 526 g/mol. The minimum absolute atomic E-state index is 0. The predicted molar refractivity (Wildman–Crippen MR) is 133 cm³/mol. The molecular weight excluding hydrogens is 491 g/mol. The van der Waals surface area contributed by atoms with E-state index in [2.05, 4.69) is 66.4 Å². The van der Waals surface area contributed by atoms with Crippen molar-refractivity contribution in [1.29, 1.82) is 0 Å². The van der Waals surface area contributed by atoms with Crippen molar-refractivity contribution in [2.45, 2.75) is 47.2 Å². The SMILES string of the molecule is C=CCNC(=NCc1ccc(C)cc1OCCC(C)C)NCc1nnc(C)n1C.I. The van der Waals surface area contributed by atoms with E-state index in [0.29, 0.717) is 38.1 Å². The summed E-state index contributed by atoms with van der Waals surface area (Å²) in [5.74, 6) is 3.94. The van der Waals surface area contributed by atoms with Crippen LogP contribution in [-0.4, -0.2) is 33.9 Å². The second-order valence-electron chi connectivity index (χ2n) is 7.55. The number of hydrogen-bond acceptors (Lipinski definition) is 4. The lowest BCUT2D eigenvalue weighted by Gasteiger charge is -2.14. The van der Waals surface area contributed by atoms with Crippen LogP contribution in [0.1, 0.15) is 43.0 Å². The van der Waals surface area contributed by atoms with Gasteiger partial charge < -0.3 is 19.9 Å². The smallest absolute Gasteiger partial charge is 0.192 e. The zero-order chi connectivity index (χ0) is 21.2. The van der Waals surface area contributed by atoms with Crippen molar-refractivity contribution in [2.24, 2.45) is 18.0 Å². The second-order valence-corrected chi connectivity index (χ2v) is 7.55. The van der Waals surface area contributed by atoms with E-state index in [1.807, 2.05) is 18.5 Å². The summed E-state index contributed by atoms with van der Waals surface area (Å²) in [4.78, 5) is 4.73. The molecule has 0 aliphatic carbocycles. The number of aliphatic imine (C=N–C) groups is 1. The van der Waals surface area contributed by atoms with Crippen molar-refractivity contribution < 1.29 is 4.74 Å². The van der Waals surface area contributed by atoms with Crippen molar-refractivity contribution in [3.8, 4) is 5.75 Å². The van der Waals surface area contributed by atoms with E-state index in [9.17, 15) is 0 Å². The highest BCUT2D eigenvalue weighted by Crippen LogP contribution is 2.22. The molecule has 0 saturated carbocycles. The Morgan fingerprint density at radius 3 is 2.67 bits per heavy atom. The lowest BCUT2D eigenvalue weighted by molar-refractivity contribution is 0.287. The van der Waals surface area contributed by atoms with Crippen molar-refractivity contribution in [1.82, 2.24) is 25.4 Å². The van der Waals surface area contributed by atoms with Crippen LogP contribution in [-0.2, 0) is 20.1 Å². The van der Waals surface area contributed by atoms with Crippen LogP contribution < -0.4 is 15.4 Å². The summed E-state index contributed by atoms with van der Waals surface area (Å²) in [5, 5.41) is 14.8. The number of aryl methyl sites for hydroxylation is 2. The highest BCUT2D eigenvalue weighted by atomic mass is 127. The maximum atomic E-state index is 6.04.